The first kappa shape index (κ1) is 24.5. The number of hydrogen-bond acceptors (Lipinski definition) is 3. The van der Waals surface area contributed by atoms with Crippen LogP contribution < -0.4 is 0 Å². The van der Waals surface area contributed by atoms with Crippen LogP contribution in [0.25, 0.3) is 0 Å². The molecular weight excluding hydrogens is 364 g/mol. The van der Waals surface area contributed by atoms with Crippen LogP contribution in [0.4, 0.5) is 0 Å². The average molecular weight is 397 g/mol. The Morgan fingerprint density at radius 1 is 1.12 bits per heavy atom. The Morgan fingerprint density at radius 2 is 1.64 bits per heavy atom. The summed E-state index contributed by atoms with van der Waals surface area (Å²) in [6, 6.07) is 9.69. The summed E-state index contributed by atoms with van der Waals surface area (Å²) < 4.78 is 12.3. The number of allylic oxidation sites excluding steroid dienone is 1. The molecule has 1 aliphatic heterocycles. The van der Waals surface area contributed by atoms with Gasteiger partial charge in [-0.15, -0.1) is 0 Å². The van der Waals surface area contributed by atoms with E-state index in [1.165, 1.54) is 0 Å². The molecule has 1 fully saturated rings. The SMILES string of the molecule is CCCC/C=C(\B1OC(C)(C)C(C)(C)O1)[C@H](O)c1ccccc1.[CH3-].[Zn]. The van der Waals surface area contributed by atoms with Crippen LogP contribution in [-0.4, -0.2) is 23.4 Å². The fraction of sp³-hybridized carbons (Fsp3) is 0.550. The fourth-order valence-electron chi connectivity index (χ4n) is 2.62. The summed E-state index contributed by atoms with van der Waals surface area (Å²) in [4.78, 5) is 0. The molecule has 1 atom stereocenters. The third-order valence-corrected chi connectivity index (χ3v) is 4.89. The Bertz CT molecular complexity index is 527. The van der Waals surface area contributed by atoms with Gasteiger partial charge in [-0.1, -0.05) is 56.2 Å². The molecule has 1 N–H and O–H groups in total. The zero-order valence-corrected chi connectivity index (χ0v) is 19.7. The summed E-state index contributed by atoms with van der Waals surface area (Å²) in [5, 5.41) is 10.9. The van der Waals surface area contributed by atoms with E-state index in [1.54, 1.807) is 0 Å². The Balaban J connectivity index is 0.00000288. The van der Waals surface area contributed by atoms with Gasteiger partial charge in [0.25, 0.3) is 0 Å². The standard InChI is InChI=1S/C19H29BO3.CH3.Zn/c1-6-7-9-14-16(17(21)15-12-10-8-11-13-15)20-22-18(2,3)19(4,5)23-20;;/h8,10-14,17,21H,6-7,9H2,1-5H3;1H3;/q;-1;/b16-14-;;/t17-;;/m1../s1. The van der Waals surface area contributed by atoms with Crippen LogP contribution in [0.2, 0.25) is 0 Å². The van der Waals surface area contributed by atoms with E-state index in [9.17, 15) is 5.11 Å². The summed E-state index contributed by atoms with van der Waals surface area (Å²) >= 11 is 0. The van der Waals surface area contributed by atoms with Crippen LogP contribution in [0.15, 0.2) is 41.9 Å². The van der Waals surface area contributed by atoms with Gasteiger partial charge in [-0.05, 0) is 45.2 Å². The summed E-state index contributed by atoms with van der Waals surface area (Å²) in [7, 11) is -0.507. The molecule has 0 unspecified atom stereocenters. The third kappa shape index (κ3) is 5.76. The van der Waals surface area contributed by atoms with Crippen molar-refractivity contribution >= 4 is 7.12 Å². The largest absolute Gasteiger partial charge is 0.493 e. The summed E-state index contributed by atoms with van der Waals surface area (Å²) in [6.07, 6.45) is 4.50. The van der Waals surface area contributed by atoms with E-state index < -0.39 is 24.4 Å². The molecule has 1 saturated heterocycles. The van der Waals surface area contributed by atoms with Crippen molar-refractivity contribution in [2.45, 2.75) is 71.2 Å². The van der Waals surface area contributed by atoms with Crippen molar-refractivity contribution in [2.75, 3.05) is 0 Å². The predicted octanol–water partition coefficient (Wildman–Crippen LogP) is 4.92. The van der Waals surface area contributed by atoms with Crippen LogP contribution >= 0.6 is 0 Å². The zero-order valence-electron chi connectivity index (χ0n) is 16.7. The van der Waals surface area contributed by atoms with E-state index in [0.717, 1.165) is 30.3 Å². The molecule has 0 bridgehead atoms. The molecule has 1 aromatic rings. The quantitative estimate of drug-likeness (QED) is 0.421. The Labute approximate surface area is 167 Å². The minimum absolute atomic E-state index is 0. The van der Waals surface area contributed by atoms with E-state index in [0.29, 0.717) is 0 Å². The van der Waals surface area contributed by atoms with Crippen molar-refractivity contribution in [3.63, 3.8) is 0 Å². The van der Waals surface area contributed by atoms with Gasteiger partial charge in [-0.25, -0.2) is 0 Å². The van der Waals surface area contributed by atoms with Crippen molar-refractivity contribution in [2.24, 2.45) is 0 Å². The fourth-order valence-corrected chi connectivity index (χ4v) is 2.62. The Morgan fingerprint density at radius 3 is 2.12 bits per heavy atom. The molecule has 2 rings (SSSR count). The van der Waals surface area contributed by atoms with Gasteiger partial charge in [-0.3, -0.25) is 0 Å². The molecule has 0 radical (unpaired) electrons. The second kappa shape index (κ2) is 10.0. The van der Waals surface area contributed by atoms with E-state index >= 15 is 0 Å². The number of unbranched alkanes of at least 4 members (excludes halogenated alkanes) is 2. The molecular formula is C20H32BO3Zn-. The number of rotatable bonds is 6. The van der Waals surface area contributed by atoms with Gasteiger partial charge >= 0.3 is 7.12 Å². The first-order chi connectivity index (χ1) is 10.8. The van der Waals surface area contributed by atoms with Gasteiger partial charge in [0.15, 0.2) is 0 Å². The zero-order chi connectivity index (χ0) is 17.1. The molecule has 5 heteroatoms. The molecule has 1 heterocycles. The van der Waals surface area contributed by atoms with Crippen molar-refractivity contribution in [1.29, 1.82) is 0 Å². The molecule has 0 aromatic heterocycles. The average Bonchev–Trinajstić information content (AvgIpc) is 2.72. The van der Waals surface area contributed by atoms with E-state index in [-0.39, 0.29) is 26.9 Å². The number of aliphatic hydroxyl groups is 1. The van der Waals surface area contributed by atoms with Crippen molar-refractivity contribution in [1.82, 2.24) is 0 Å². The molecule has 136 valence electrons. The second-order valence-corrected chi connectivity index (χ2v) is 7.25. The van der Waals surface area contributed by atoms with Gasteiger partial charge in [-0.2, -0.15) is 0 Å². The first-order valence-electron chi connectivity index (χ1n) is 8.57. The van der Waals surface area contributed by atoms with E-state index in [1.807, 2.05) is 58.0 Å². The molecule has 0 spiro atoms. The van der Waals surface area contributed by atoms with E-state index in [4.69, 9.17) is 9.31 Å². The van der Waals surface area contributed by atoms with Crippen LogP contribution in [0.3, 0.4) is 0 Å². The smallest absolute Gasteiger partial charge is 0.399 e. The molecule has 25 heavy (non-hydrogen) atoms. The monoisotopic (exact) mass is 395 g/mol. The van der Waals surface area contributed by atoms with Crippen molar-refractivity contribution < 1.29 is 33.9 Å². The maximum atomic E-state index is 10.9. The molecule has 0 amide bonds. The van der Waals surface area contributed by atoms with Crippen molar-refractivity contribution in [3.8, 4) is 0 Å². The number of benzene rings is 1. The molecule has 3 nitrogen and oxygen atoms in total. The predicted molar refractivity (Wildman–Crippen MR) is 102 cm³/mol. The molecule has 0 aliphatic carbocycles. The maximum absolute atomic E-state index is 10.9. The van der Waals surface area contributed by atoms with Gasteiger partial charge in [0.2, 0.25) is 0 Å². The second-order valence-electron chi connectivity index (χ2n) is 7.25. The number of aliphatic hydroxyl groups excluding tert-OH is 1. The van der Waals surface area contributed by atoms with E-state index in [2.05, 4.69) is 13.0 Å². The Hall–Kier alpha value is -0.472. The van der Waals surface area contributed by atoms with Crippen LogP contribution in [-0.2, 0) is 28.8 Å². The third-order valence-electron chi connectivity index (χ3n) is 4.89. The van der Waals surface area contributed by atoms with Gasteiger partial charge in [0.1, 0.15) is 0 Å². The van der Waals surface area contributed by atoms with Crippen LogP contribution in [0, 0.1) is 7.43 Å². The minimum Gasteiger partial charge on any atom is -0.399 e. The minimum atomic E-state index is -0.706. The van der Waals surface area contributed by atoms with Crippen LogP contribution in [0.1, 0.15) is 65.5 Å². The molecule has 1 aliphatic rings. The number of hydrogen-bond donors (Lipinski definition) is 1. The van der Waals surface area contributed by atoms with Gasteiger partial charge in [0.05, 0.1) is 17.3 Å². The maximum Gasteiger partial charge on any atom is 0.493 e. The first-order valence-corrected chi connectivity index (χ1v) is 8.57. The Kier molecular flexibility index (Phi) is 9.83. The van der Waals surface area contributed by atoms with Gasteiger partial charge < -0.3 is 21.8 Å². The van der Waals surface area contributed by atoms with Gasteiger partial charge in [0, 0.05) is 19.5 Å². The topological polar surface area (TPSA) is 38.7 Å². The van der Waals surface area contributed by atoms with Crippen LogP contribution in [0.5, 0.6) is 0 Å². The van der Waals surface area contributed by atoms with Crippen molar-refractivity contribution in [3.05, 3.63) is 54.9 Å². The summed E-state index contributed by atoms with van der Waals surface area (Å²) in [5.41, 5.74) is 0.865. The molecule has 1 aromatic carbocycles. The normalized spacial score (nSPS) is 19.8. The summed E-state index contributed by atoms with van der Waals surface area (Å²) in [6.45, 7) is 10.3. The summed E-state index contributed by atoms with van der Waals surface area (Å²) in [5.74, 6) is 0. The molecule has 0 saturated carbocycles.